The molecular formula is C11H9N3O5S. The van der Waals surface area contributed by atoms with Gasteiger partial charge in [0.25, 0.3) is 15.7 Å². The maximum absolute atomic E-state index is 11.9. The van der Waals surface area contributed by atoms with Gasteiger partial charge in [-0.15, -0.1) is 0 Å². The lowest BCUT2D eigenvalue weighted by atomic mass is 10.3. The minimum absolute atomic E-state index is 0.343. The van der Waals surface area contributed by atoms with E-state index in [1.54, 1.807) is 12.1 Å². The van der Waals surface area contributed by atoms with Crippen molar-refractivity contribution >= 4 is 21.9 Å². The molecule has 0 unspecified atom stereocenters. The van der Waals surface area contributed by atoms with Crippen LogP contribution >= 0.6 is 0 Å². The predicted molar refractivity (Wildman–Crippen MR) is 69.7 cm³/mol. The van der Waals surface area contributed by atoms with E-state index in [1.165, 1.54) is 18.4 Å². The maximum atomic E-state index is 11.9. The SMILES string of the molecule is O=[N+]([O-])c1ccccc1S(=O)(=O)N/N=C/c1ccco1. The highest BCUT2D eigenvalue weighted by Gasteiger charge is 2.24. The molecule has 104 valence electrons. The van der Waals surface area contributed by atoms with Crippen LogP contribution in [0.5, 0.6) is 0 Å². The largest absolute Gasteiger partial charge is 0.463 e. The quantitative estimate of drug-likeness (QED) is 0.510. The van der Waals surface area contributed by atoms with Gasteiger partial charge in [0, 0.05) is 6.07 Å². The van der Waals surface area contributed by atoms with Gasteiger partial charge >= 0.3 is 0 Å². The zero-order valence-corrected chi connectivity index (χ0v) is 10.8. The summed E-state index contributed by atoms with van der Waals surface area (Å²) in [6.07, 6.45) is 2.55. The van der Waals surface area contributed by atoms with Gasteiger partial charge in [0.2, 0.25) is 0 Å². The molecule has 0 saturated heterocycles. The number of nitro groups is 1. The van der Waals surface area contributed by atoms with E-state index in [4.69, 9.17) is 4.42 Å². The highest BCUT2D eigenvalue weighted by atomic mass is 32.2. The van der Waals surface area contributed by atoms with Crippen LogP contribution in [-0.4, -0.2) is 19.6 Å². The molecule has 1 heterocycles. The van der Waals surface area contributed by atoms with Crippen molar-refractivity contribution in [3.63, 3.8) is 0 Å². The molecule has 0 aliphatic heterocycles. The van der Waals surface area contributed by atoms with Crippen LogP contribution in [0.25, 0.3) is 0 Å². The standard InChI is InChI=1S/C11H9N3O5S/c15-14(16)10-5-1-2-6-11(10)20(17,18)13-12-8-9-4-3-7-19-9/h1-8,13H/b12-8+. The fraction of sp³-hybridized carbons (Fsp3) is 0. The van der Waals surface area contributed by atoms with E-state index >= 15 is 0 Å². The molecule has 2 aromatic rings. The van der Waals surface area contributed by atoms with Gasteiger partial charge in [0.05, 0.1) is 17.4 Å². The van der Waals surface area contributed by atoms with Gasteiger partial charge in [-0.05, 0) is 18.2 Å². The first-order valence-corrected chi connectivity index (χ1v) is 6.81. The first kappa shape index (κ1) is 13.7. The average Bonchev–Trinajstić information content (AvgIpc) is 2.91. The maximum Gasteiger partial charge on any atom is 0.289 e. The van der Waals surface area contributed by atoms with Gasteiger partial charge in [-0.2, -0.15) is 18.4 Å². The second-order valence-corrected chi connectivity index (χ2v) is 5.22. The highest BCUT2D eigenvalue weighted by Crippen LogP contribution is 2.22. The van der Waals surface area contributed by atoms with Crippen LogP contribution < -0.4 is 4.83 Å². The molecule has 0 atom stereocenters. The van der Waals surface area contributed by atoms with E-state index < -0.39 is 25.5 Å². The van der Waals surface area contributed by atoms with Crippen LogP contribution in [0.3, 0.4) is 0 Å². The smallest absolute Gasteiger partial charge is 0.289 e. The van der Waals surface area contributed by atoms with Crippen molar-refractivity contribution in [2.45, 2.75) is 4.90 Å². The Morgan fingerprint density at radius 1 is 1.25 bits per heavy atom. The number of hydrazone groups is 1. The lowest BCUT2D eigenvalue weighted by Gasteiger charge is -2.03. The number of benzene rings is 1. The second kappa shape index (κ2) is 5.53. The lowest BCUT2D eigenvalue weighted by molar-refractivity contribution is -0.387. The van der Waals surface area contributed by atoms with Gasteiger partial charge in [0.1, 0.15) is 5.76 Å². The van der Waals surface area contributed by atoms with Crippen LogP contribution in [0.2, 0.25) is 0 Å². The van der Waals surface area contributed by atoms with E-state index in [2.05, 4.69) is 5.10 Å². The number of rotatable bonds is 5. The summed E-state index contributed by atoms with van der Waals surface area (Å²) in [7, 11) is -4.12. The third-order valence-corrected chi connectivity index (χ3v) is 3.53. The highest BCUT2D eigenvalue weighted by molar-refractivity contribution is 7.89. The number of nitrogens with one attached hydrogen (secondary N) is 1. The molecule has 0 bridgehead atoms. The zero-order valence-electron chi connectivity index (χ0n) is 9.96. The van der Waals surface area contributed by atoms with E-state index in [0.717, 1.165) is 18.3 Å². The fourth-order valence-electron chi connectivity index (χ4n) is 1.41. The van der Waals surface area contributed by atoms with Gasteiger partial charge in [-0.25, -0.2) is 0 Å². The molecule has 0 spiro atoms. The summed E-state index contributed by atoms with van der Waals surface area (Å²) in [6.45, 7) is 0. The van der Waals surface area contributed by atoms with Gasteiger partial charge in [-0.3, -0.25) is 10.1 Å². The van der Waals surface area contributed by atoms with Gasteiger partial charge in [0.15, 0.2) is 4.90 Å². The fourth-order valence-corrected chi connectivity index (χ4v) is 2.37. The number of furan rings is 1. The summed E-state index contributed by atoms with van der Waals surface area (Å²) in [5.41, 5.74) is -0.520. The minimum Gasteiger partial charge on any atom is -0.463 e. The molecule has 1 N–H and O–H groups in total. The number of hydrogen-bond acceptors (Lipinski definition) is 6. The van der Waals surface area contributed by atoms with Crippen molar-refractivity contribution < 1.29 is 17.8 Å². The topological polar surface area (TPSA) is 115 Å². The van der Waals surface area contributed by atoms with Crippen molar-refractivity contribution in [1.29, 1.82) is 0 Å². The summed E-state index contributed by atoms with van der Waals surface area (Å²) < 4.78 is 28.8. The van der Waals surface area contributed by atoms with E-state index in [1.807, 2.05) is 4.83 Å². The number of nitro benzene ring substituents is 1. The predicted octanol–water partition coefficient (Wildman–Crippen LogP) is 1.50. The molecule has 0 amide bonds. The third-order valence-electron chi connectivity index (χ3n) is 2.26. The molecule has 0 fully saturated rings. The van der Waals surface area contributed by atoms with Crippen LogP contribution in [0, 0.1) is 10.1 Å². The van der Waals surface area contributed by atoms with E-state index in [0.29, 0.717) is 5.76 Å². The molecule has 0 saturated carbocycles. The van der Waals surface area contributed by atoms with Crippen LogP contribution in [0.1, 0.15) is 5.76 Å². The molecule has 9 heteroatoms. The molecule has 2 rings (SSSR count). The van der Waals surface area contributed by atoms with Crippen LogP contribution in [-0.2, 0) is 10.0 Å². The zero-order chi connectivity index (χ0) is 14.6. The average molecular weight is 295 g/mol. The summed E-state index contributed by atoms with van der Waals surface area (Å²) in [5, 5.41) is 14.3. The Labute approximate surface area is 113 Å². The Morgan fingerprint density at radius 2 is 2.00 bits per heavy atom. The van der Waals surface area contributed by atoms with Crippen LogP contribution in [0.15, 0.2) is 57.1 Å². The molecular weight excluding hydrogens is 286 g/mol. The molecule has 8 nitrogen and oxygen atoms in total. The first-order chi connectivity index (χ1) is 9.50. The summed E-state index contributed by atoms with van der Waals surface area (Å²) in [6, 6.07) is 8.18. The van der Waals surface area contributed by atoms with Crippen molar-refractivity contribution in [3.8, 4) is 0 Å². The van der Waals surface area contributed by atoms with Crippen molar-refractivity contribution in [2.75, 3.05) is 0 Å². The van der Waals surface area contributed by atoms with Crippen molar-refractivity contribution in [3.05, 3.63) is 58.5 Å². The van der Waals surface area contributed by atoms with Crippen molar-refractivity contribution in [2.24, 2.45) is 5.10 Å². The molecule has 1 aromatic carbocycles. The Bertz CT molecular complexity index is 737. The Morgan fingerprint density at radius 3 is 2.65 bits per heavy atom. The Hall–Kier alpha value is -2.68. The second-order valence-electron chi connectivity index (χ2n) is 3.59. The van der Waals surface area contributed by atoms with E-state index in [9.17, 15) is 18.5 Å². The number of sulfonamides is 1. The molecule has 0 aliphatic rings. The van der Waals surface area contributed by atoms with Gasteiger partial charge < -0.3 is 4.42 Å². The number of nitrogens with zero attached hydrogens (tertiary/aromatic N) is 2. The number of para-hydroxylation sites is 1. The van der Waals surface area contributed by atoms with Crippen LogP contribution in [0.4, 0.5) is 5.69 Å². The Kier molecular flexibility index (Phi) is 3.80. The normalized spacial score (nSPS) is 11.6. The molecule has 20 heavy (non-hydrogen) atoms. The summed E-state index contributed by atoms with van der Waals surface area (Å²) in [4.78, 5) is 11.4. The molecule has 1 aromatic heterocycles. The summed E-state index contributed by atoms with van der Waals surface area (Å²) in [5.74, 6) is 0.343. The monoisotopic (exact) mass is 295 g/mol. The van der Waals surface area contributed by atoms with Crippen molar-refractivity contribution in [1.82, 2.24) is 4.83 Å². The first-order valence-electron chi connectivity index (χ1n) is 5.32. The summed E-state index contributed by atoms with van der Waals surface area (Å²) >= 11 is 0. The molecule has 0 radical (unpaired) electrons. The lowest BCUT2D eigenvalue weighted by Crippen LogP contribution is -2.19. The molecule has 0 aliphatic carbocycles. The third kappa shape index (κ3) is 3.01. The van der Waals surface area contributed by atoms with Gasteiger partial charge in [-0.1, -0.05) is 12.1 Å². The Balaban J connectivity index is 2.25. The number of hydrogen-bond donors (Lipinski definition) is 1. The minimum atomic E-state index is -4.12. The van der Waals surface area contributed by atoms with E-state index in [-0.39, 0.29) is 0 Å².